The van der Waals surface area contributed by atoms with E-state index in [1.165, 1.54) is 37.4 Å². The minimum atomic E-state index is -3.52. The minimum Gasteiger partial charge on any atom is -0.372 e. The third-order valence-corrected chi connectivity index (χ3v) is 6.41. The van der Waals surface area contributed by atoms with Crippen LogP contribution in [0.2, 0.25) is 5.02 Å². The van der Waals surface area contributed by atoms with Crippen LogP contribution in [0.5, 0.6) is 0 Å². The molecule has 1 heterocycles. The van der Waals surface area contributed by atoms with Gasteiger partial charge in [0.25, 0.3) is 0 Å². The van der Waals surface area contributed by atoms with E-state index in [2.05, 4.69) is 33.9 Å². The van der Waals surface area contributed by atoms with E-state index in [1.54, 1.807) is 18.2 Å². The van der Waals surface area contributed by atoms with Gasteiger partial charge in [0.05, 0.1) is 4.90 Å². The van der Waals surface area contributed by atoms with Gasteiger partial charge in [-0.3, -0.25) is 0 Å². The second-order valence-corrected chi connectivity index (χ2v) is 8.88. The quantitative estimate of drug-likeness (QED) is 0.799. The molecule has 0 saturated carbocycles. The molecule has 0 aliphatic carbocycles. The van der Waals surface area contributed by atoms with Crippen LogP contribution in [0, 0.1) is 0 Å². The highest BCUT2D eigenvalue weighted by molar-refractivity contribution is 7.89. The lowest BCUT2D eigenvalue weighted by Crippen LogP contribution is -2.26. The van der Waals surface area contributed by atoms with E-state index in [4.69, 9.17) is 11.6 Å². The third kappa shape index (κ3) is 5.22. The molecule has 0 aromatic heterocycles. The molecular formula is C20H25ClN2O2S. The highest BCUT2D eigenvalue weighted by atomic mass is 35.5. The van der Waals surface area contributed by atoms with E-state index in [1.807, 2.05) is 0 Å². The summed E-state index contributed by atoms with van der Waals surface area (Å²) >= 11 is 5.87. The molecule has 1 N–H and O–H groups in total. The van der Waals surface area contributed by atoms with Crippen molar-refractivity contribution in [2.45, 2.75) is 37.0 Å². The molecule has 2 aromatic rings. The monoisotopic (exact) mass is 392 g/mol. The molecule has 0 spiro atoms. The predicted octanol–water partition coefficient (Wildman–Crippen LogP) is 4.24. The van der Waals surface area contributed by atoms with Gasteiger partial charge in [0, 0.05) is 30.3 Å². The van der Waals surface area contributed by atoms with E-state index in [-0.39, 0.29) is 4.90 Å². The number of halogens is 1. The Balaban J connectivity index is 1.55. The zero-order valence-corrected chi connectivity index (χ0v) is 16.4. The smallest absolute Gasteiger partial charge is 0.240 e. The summed E-state index contributed by atoms with van der Waals surface area (Å²) in [5.74, 6) is 0. The molecule has 1 aliphatic heterocycles. The summed E-state index contributed by atoms with van der Waals surface area (Å²) in [5, 5.41) is 0.414. The maximum Gasteiger partial charge on any atom is 0.240 e. The van der Waals surface area contributed by atoms with Crippen molar-refractivity contribution >= 4 is 27.3 Å². The number of hydrogen-bond acceptors (Lipinski definition) is 3. The van der Waals surface area contributed by atoms with Gasteiger partial charge in [0.1, 0.15) is 0 Å². The Hall–Kier alpha value is -1.56. The number of anilines is 1. The molecule has 3 rings (SSSR count). The Morgan fingerprint density at radius 2 is 1.65 bits per heavy atom. The molecule has 2 aromatic carbocycles. The largest absolute Gasteiger partial charge is 0.372 e. The van der Waals surface area contributed by atoms with Crippen molar-refractivity contribution in [3.63, 3.8) is 0 Å². The lowest BCUT2D eigenvalue weighted by atomic mass is 10.1. The van der Waals surface area contributed by atoms with Gasteiger partial charge in [0.15, 0.2) is 0 Å². The maximum atomic E-state index is 12.3. The SMILES string of the molecule is O=S(=O)(NCCc1ccc(N2CCCCCC2)cc1)c1cccc(Cl)c1. The van der Waals surface area contributed by atoms with Gasteiger partial charge in [-0.25, -0.2) is 13.1 Å². The van der Waals surface area contributed by atoms with Crippen molar-refractivity contribution in [3.05, 3.63) is 59.1 Å². The molecule has 1 saturated heterocycles. The number of nitrogens with one attached hydrogen (secondary N) is 1. The lowest BCUT2D eigenvalue weighted by Gasteiger charge is -2.22. The fourth-order valence-corrected chi connectivity index (χ4v) is 4.58. The van der Waals surface area contributed by atoms with Crippen LogP contribution in [0.15, 0.2) is 53.4 Å². The molecular weight excluding hydrogens is 368 g/mol. The van der Waals surface area contributed by atoms with E-state index in [9.17, 15) is 8.42 Å². The molecule has 4 nitrogen and oxygen atoms in total. The van der Waals surface area contributed by atoms with Crippen LogP contribution >= 0.6 is 11.6 Å². The summed E-state index contributed by atoms with van der Waals surface area (Å²) in [4.78, 5) is 2.64. The van der Waals surface area contributed by atoms with Crippen LogP contribution in [-0.2, 0) is 16.4 Å². The molecule has 0 atom stereocenters. The first-order chi connectivity index (χ1) is 12.5. The van der Waals surface area contributed by atoms with Gasteiger partial charge in [-0.05, 0) is 55.2 Å². The number of rotatable bonds is 6. The van der Waals surface area contributed by atoms with Crippen molar-refractivity contribution < 1.29 is 8.42 Å². The molecule has 6 heteroatoms. The van der Waals surface area contributed by atoms with Crippen molar-refractivity contribution in [2.24, 2.45) is 0 Å². The standard InChI is InChI=1S/C20H25ClN2O2S/c21-18-6-5-7-20(16-18)26(24,25)22-13-12-17-8-10-19(11-9-17)23-14-3-1-2-4-15-23/h5-11,16,22H,1-4,12-15H2. The summed E-state index contributed by atoms with van der Waals surface area (Å²) in [5.41, 5.74) is 2.38. The summed E-state index contributed by atoms with van der Waals surface area (Å²) in [6, 6.07) is 14.8. The molecule has 26 heavy (non-hydrogen) atoms. The van der Waals surface area contributed by atoms with Gasteiger partial charge < -0.3 is 4.90 Å². The fourth-order valence-electron chi connectivity index (χ4n) is 3.25. The second kappa shape index (κ2) is 8.89. The van der Waals surface area contributed by atoms with Crippen molar-refractivity contribution in [1.82, 2.24) is 4.72 Å². The van der Waals surface area contributed by atoms with Crippen molar-refractivity contribution in [1.29, 1.82) is 0 Å². The van der Waals surface area contributed by atoms with Gasteiger partial charge >= 0.3 is 0 Å². The Morgan fingerprint density at radius 1 is 0.962 bits per heavy atom. The topological polar surface area (TPSA) is 49.4 Å². The third-order valence-electron chi connectivity index (χ3n) is 4.72. The molecule has 0 bridgehead atoms. The van der Waals surface area contributed by atoms with E-state index in [0.29, 0.717) is 18.0 Å². The molecule has 0 unspecified atom stereocenters. The first kappa shape index (κ1) is 19.2. The number of sulfonamides is 1. The molecule has 0 amide bonds. The Morgan fingerprint density at radius 3 is 2.31 bits per heavy atom. The van der Waals surface area contributed by atoms with Crippen LogP contribution in [0.4, 0.5) is 5.69 Å². The Kier molecular flexibility index (Phi) is 6.57. The highest BCUT2D eigenvalue weighted by Gasteiger charge is 2.14. The van der Waals surface area contributed by atoms with Crippen LogP contribution in [0.1, 0.15) is 31.2 Å². The summed E-state index contributed by atoms with van der Waals surface area (Å²) in [6.45, 7) is 2.61. The van der Waals surface area contributed by atoms with Crippen molar-refractivity contribution in [2.75, 3.05) is 24.5 Å². The first-order valence-corrected chi connectivity index (χ1v) is 11.0. The van der Waals surface area contributed by atoms with Gasteiger partial charge in [-0.1, -0.05) is 42.6 Å². The van der Waals surface area contributed by atoms with Gasteiger partial charge in [-0.2, -0.15) is 0 Å². The highest BCUT2D eigenvalue weighted by Crippen LogP contribution is 2.20. The number of benzene rings is 2. The minimum absolute atomic E-state index is 0.196. The van der Waals surface area contributed by atoms with Crippen molar-refractivity contribution in [3.8, 4) is 0 Å². The lowest BCUT2D eigenvalue weighted by molar-refractivity contribution is 0.581. The molecule has 1 aliphatic rings. The molecule has 140 valence electrons. The normalized spacial score (nSPS) is 15.7. The van der Waals surface area contributed by atoms with E-state index in [0.717, 1.165) is 18.7 Å². The Bertz CT molecular complexity index is 814. The average molecular weight is 393 g/mol. The van der Waals surface area contributed by atoms with Crippen LogP contribution < -0.4 is 9.62 Å². The van der Waals surface area contributed by atoms with Gasteiger partial charge in [-0.15, -0.1) is 0 Å². The number of hydrogen-bond donors (Lipinski definition) is 1. The van der Waals surface area contributed by atoms with E-state index < -0.39 is 10.0 Å². The maximum absolute atomic E-state index is 12.3. The summed E-state index contributed by atoms with van der Waals surface area (Å²) < 4.78 is 27.2. The fraction of sp³-hybridized carbons (Fsp3) is 0.400. The van der Waals surface area contributed by atoms with Crippen LogP contribution in [0.3, 0.4) is 0 Å². The number of nitrogens with zero attached hydrogens (tertiary/aromatic N) is 1. The zero-order chi connectivity index (χ0) is 18.4. The molecule has 1 fully saturated rings. The van der Waals surface area contributed by atoms with Gasteiger partial charge in [0.2, 0.25) is 10.0 Å². The average Bonchev–Trinajstić information content (AvgIpc) is 2.92. The predicted molar refractivity (Wildman–Crippen MR) is 107 cm³/mol. The summed E-state index contributed by atoms with van der Waals surface area (Å²) in [7, 11) is -3.52. The van der Waals surface area contributed by atoms with E-state index >= 15 is 0 Å². The zero-order valence-electron chi connectivity index (χ0n) is 14.8. The van der Waals surface area contributed by atoms with Crippen LogP contribution in [-0.4, -0.2) is 28.1 Å². The Labute approximate surface area is 161 Å². The first-order valence-electron chi connectivity index (χ1n) is 9.14. The van der Waals surface area contributed by atoms with Crippen LogP contribution in [0.25, 0.3) is 0 Å². The second-order valence-electron chi connectivity index (χ2n) is 6.67. The molecule has 0 radical (unpaired) electrons. The summed E-state index contributed by atoms with van der Waals surface area (Å²) in [6.07, 6.45) is 5.81.